The number of hydrogen-bond acceptors (Lipinski definition) is 4. The summed E-state index contributed by atoms with van der Waals surface area (Å²) < 4.78 is 1.82. The van der Waals surface area contributed by atoms with Gasteiger partial charge in [0.05, 0.1) is 17.9 Å². The fourth-order valence-corrected chi connectivity index (χ4v) is 3.11. The highest BCUT2D eigenvalue weighted by Gasteiger charge is 2.27. The van der Waals surface area contributed by atoms with Crippen LogP contribution < -0.4 is 15.5 Å². The minimum Gasteiger partial charge on any atom is -0.367 e. The standard InChI is InChI=1S/C14H23N5O.ClH/c1-18-10-12(8-16-18)19-7-3-4-11(9-19)17-14(20)13-5-2-6-15-13;/h8,10-11,13,15H,2-7,9H2,1H3,(H,17,20);1H. The molecule has 1 amide bonds. The molecule has 6 nitrogen and oxygen atoms in total. The molecule has 2 aliphatic heterocycles. The summed E-state index contributed by atoms with van der Waals surface area (Å²) in [7, 11) is 1.93. The number of anilines is 1. The average molecular weight is 314 g/mol. The number of halogens is 1. The molecule has 2 atom stereocenters. The molecule has 0 saturated carbocycles. The van der Waals surface area contributed by atoms with Crippen LogP contribution >= 0.6 is 12.4 Å². The van der Waals surface area contributed by atoms with Crippen LogP contribution in [0.15, 0.2) is 12.4 Å². The number of nitrogens with one attached hydrogen (secondary N) is 2. The van der Waals surface area contributed by atoms with Crippen molar-refractivity contribution < 1.29 is 4.79 Å². The quantitative estimate of drug-likeness (QED) is 0.861. The van der Waals surface area contributed by atoms with Gasteiger partial charge in [-0.2, -0.15) is 5.10 Å². The van der Waals surface area contributed by atoms with Crippen LogP contribution in [0.3, 0.4) is 0 Å². The molecule has 2 N–H and O–H groups in total. The van der Waals surface area contributed by atoms with Crippen LogP contribution in [-0.2, 0) is 11.8 Å². The highest BCUT2D eigenvalue weighted by molar-refractivity contribution is 5.85. The Morgan fingerprint density at radius 3 is 2.95 bits per heavy atom. The van der Waals surface area contributed by atoms with E-state index in [9.17, 15) is 4.79 Å². The summed E-state index contributed by atoms with van der Waals surface area (Å²) in [5.41, 5.74) is 1.14. The molecule has 3 rings (SSSR count). The van der Waals surface area contributed by atoms with E-state index in [1.54, 1.807) is 0 Å². The normalized spacial score (nSPS) is 25.5. The summed E-state index contributed by atoms with van der Waals surface area (Å²) in [4.78, 5) is 14.5. The molecule has 118 valence electrons. The molecule has 21 heavy (non-hydrogen) atoms. The molecular formula is C14H24ClN5O. The summed E-state index contributed by atoms with van der Waals surface area (Å²) in [6, 6.07) is 0.266. The van der Waals surface area contributed by atoms with Gasteiger partial charge in [0.15, 0.2) is 0 Å². The van der Waals surface area contributed by atoms with E-state index >= 15 is 0 Å². The summed E-state index contributed by atoms with van der Waals surface area (Å²) in [6.45, 7) is 2.88. The zero-order valence-corrected chi connectivity index (χ0v) is 13.2. The van der Waals surface area contributed by atoms with E-state index in [1.807, 2.05) is 24.1 Å². The molecule has 0 aromatic carbocycles. The van der Waals surface area contributed by atoms with Crippen molar-refractivity contribution in [3.8, 4) is 0 Å². The highest BCUT2D eigenvalue weighted by atomic mass is 35.5. The van der Waals surface area contributed by atoms with E-state index < -0.39 is 0 Å². The van der Waals surface area contributed by atoms with Gasteiger partial charge in [-0.05, 0) is 32.2 Å². The first-order valence-corrected chi connectivity index (χ1v) is 7.50. The van der Waals surface area contributed by atoms with Crippen LogP contribution in [0.4, 0.5) is 5.69 Å². The first kappa shape index (κ1) is 16.1. The lowest BCUT2D eigenvalue weighted by atomic mass is 10.0. The molecule has 3 heterocycles. The van der Waals surface area contributed by atoms with Gasteiger partial charge in [0.25, 0.3) is 0 Å². The van der Waals surface area contributed by atoms with Crippen LogP contribution in [0.5, 0.6) is 0 Å². The Morgan fingerprint density at radius 1 is 1.43 bits per heavy atom. The zero-order chi connectivity index (χ0) is 13.9. The molecule has 2 unspecified atom stereocenters. The molecule has 1 aromatic heterocycles. The van der Waals surface area contributed by atoms with Crippen LogP contribution in [0.2, 0.25) is 0 Å². The fraction of sp³-hybridized carbons (Fsp3) is 0.714. The van der Waals surface area contributed by atoms with Crippen molar-refractivity contribution in [3.05, 3.63) is 12.4 Å². The number of hydrogen-bond donors (Lipinski definition) is 2. The molecule has 0 spiro atoms. The van der Waals surface area contributed by atoms with Crippen molar-refractivity contribution in [2.24, 2.45) is 7.05 Å². The van der Waals surface area contributed by atoms with Gasteiger partial charge in [0.2, 0.25) is 5.91 Å². The van der Waals surface area contributed by atoms with Crippen LogP contribution in [0.1, 0.15) is 25.7 Å². The van der Waals surface area contributed by atoms with Gasteiger partial charge in [-0.3, -0.25) is 9.48 Å². The largest absolute Gasteiger partial charge is 0.367 e. The Hall–Kier alpha value is -1.27. The second-order valence-corrected chi connectivity index (χ2v) is 5.81. The summed E-state index contributed by atoms with van der Waals surface area (Å²) in [6.07, 6.45) is 8.16. The minimum absolute atomic E-state index is 0. The number of aromatic nitrogens is 2. The number of aryl methyl sites for hydroxylation is 1. The molecule has 0 radical (unpaired) electrons. The number of carbonyl (C=O) groups excluding carboxylic acids is 1. The topological polar surface area (TPSA) is 62.2 Å². The third-order valence-corrected chi connectivity index (χ3v) is 4.20. The molecular weight excluding hydrogens is 290 g/mol. The summed E-state index contributed by atoms with van der Waals surface area (Å²) >= 11 is 0. The van der Waals surface area contributed by atoms with Gasteiger partial charge in [0, 0.05) is 32.4 Å². The van der Waals surface area contributed by atoms with E-state index in [0.29, 0.717) is 0 Å². The van der Waals surface area contributed by atoms with Gasteiger partial charge in [-0.25, -0.2) is 0 Å². The second-order valence-electron chi connectivity index (χ2n) is 5.81. The lowest BCUT2D eigenvalue weighted by Gasteiger charge is -2.34. The van der Waals surface area contributed by atoms with E-state index in [-0.39, 0.29) is 30.4 Å². The summed E-state index contributed by atoms with van der Waals surface area (Å²) in [5, 5.41) is 10.7. The third kappa shape index (κ3) is 3.89. The Balaban J connectivity index is 0.00000161. The van der Waals surface area contributed by atoms with Crippen molar-refractivity contribution in [1.29, 1.82) is 0 Å². The van der Waals surface area contributed by atoms with Crippen molar-refractivity contribution in [3.63, 3.8) is 0 Å². The Labute approximate surface area is 131 Å². The average Bonchev–Trinajstić information content (AvgIpc) is 3.10. The smallest absolute Gasteiger partial charge is 0.237 e. The maximum absolute atomic E-state index is 12.2. The molecule has 2 aliphatic rings. The van der Waals surface area contributed by atoms with Gasteiger partial charge in [0.1, 0.15) is 0 Å². The Kier molecular flexibility index (Phi) is 5.47. The maximum atomic E-state index is 12.2. The van der Waals surface area contributed by atoms with Crippen molar-refractivity contribution in [2.45, 2.75) is 37.8 Å². The molecule has 2 fully saturated rings. The molecule has 0 bridgehead atoms. The lowest BCUT2D eigenvalue weighted by Crippen LogP contribution is -2.51. The first-order valence-electron chi connectivity index (χ1n) is 7.50. The Morgan fingerprint density at radius 2 is 2.29 bits per heavy atom. The van der Waals surface area contributed by atoms with Crippen molar-refractivity contribution in [2.75, 3.05) is 24.5 Å². The van der Waals surface area contributed by atoms with Crippen LogP contribution in [0.25, 0.3) is 0 Å². The number of carbonyl (C=O) groups is 1. The maximum Gasteiger partial charge on any atom is 0.237 e. The molecule has 1 aromatic rings. The predicted octanol–water partition coefficient (Wildman–Crippen LogP) is 0.679. The van der Waals surface area contributed by atoms with Gasteiger partial charge in [-0.1, -0.05) is 0 Å². The zero-order valence-electron chi connectivity index (χ0n) is 12.4. The SMILES string of the molecule is Cl.Cn1cc(N2CCCC(NC(=O)C3CCCN3)C2)cn1. The van der Waals surface area contributed by atoms with Crippen molar-refractivity contribution in [1.82, 2.24) is 20.4 Å². The molecule has 0 aliphatic carbocycles. The number of amides is 1. The minimum atomic E-state index is 0. The van der Waals surface area contributed by atoms with Gasteiger partial charge >= 0.3 is 0 Å². The van der Waals surface area contributed by atoms with Crippen molar-refractivity contribution >= 4 is 24.0 Å². The third-order valence-electron chi connectivity index (χ3n) is 4.20. The highest BCUT2D eigenvalue weighted by Crippen LogP contribution is 2.19. The lowest BCUT2D eigenvalue weighted by molar-refractivity contribution is -0.123. The summed E-state index contributed by atoms with van der Waals surface area (Å²) in [5.74, 6) is 0.167. The Bertz CT molecular complexity index is 472. The molecule has 7 heteroatoms. The van der Waals surface area contributed by atoms with Gasteiger partial charge < -0.3 is 15.5 Å². The number of rotatable bonds is 3. The van der Waals surface area contributed by atoms with E-state index in [1.165, 1.54) is 0 Å². The second kappa shape index (κ2) is 7.13. The van der Waals surface area contributed by atoms with Crippen LogP contribution in [-0.4, -0.2) is 47.4 Å². The van der Waals surface area contributed by atoms with Gasteiger partial charge in [-0.15, -0.1) is 12.4 Å². The predicted molar refractivity (Wildman–Crippen MR) is 84.9 cm³/mol. The molecule has 2 saturated heterocycles. The monoisotopic (exact) mass is 313 g/mol. The number of nitrogens with zero attached hydrogens (tertiary/aromatic N) is 3. The van der Waals surface area contributed by atoms with E-state index in [2.05, 4.69) is 20.6 Å². The number of piperidine rings is 1. The first-order chi connectivity index (χ1) is 9.72. The fourth-order valence-electron chi connectivity index (χ4n) is 3.11. The van der Waals surface area contributed by atoms with Crippen LogP contribution in [0, 0.1) is 0 Å². The van der Waals surface area contributed by atoms with E-state index in [4.69, 9.17) is 0 Å². The van der Waals surface area contributed by atoms with E-state index in [0.717, 1.165) is 51.0 Å².